The van der Waals surface area contributed by atoms with Crippen molar-refractivity contribution in [1.82, 2.24) is 10.9 Å². The van der Waals surface area contributed by atoms with Crippen LogP contribution in [0.2, 0.25) is 5.02 Å². The molecule has 0 saturated heterocycles. The average Bonchev–Trinajstić information content (AvgIpc) is 2.79. The maximum atomic E-state index is 12.3. The van der Waals surface area contributed by atoms with Crippen molar-refractivity contribution in [2.45, 2.75) is 0 Å². The number of halogens is 1. The van der Waals surface area contributed by atoms with Crippen LogP contribution in [0.4, 0.5) is 0 Å². The van der Waals surface area contributed by atoms with Crippen LogP contribution in [0.5, 0.6) is 23.0 Å². The number of ether oxygens (including phenoxy) is 5. The Labute approximate surface area is 183 Å². The second kappa shape index (κ2) is 10.9. The van der Waals surface area contributed by atoms with Gasteiger partial charge in [-0.15, -0.1) is 0 Å². The summed E-state index contributed by atoms with van der Waals surface area (Å²) in [7, 11) is 5.62. The van der Waals surface area contributed by atoms with Crippen molar-refractivity contribution in [3.63, 3.8) is 0 Å². The van der Waals surface area contributed by atoms with Gasteiger partial charge in [0, 0.05) is 5.02 Å². The lowest BCUT2D eigenvalue weighted by Gasteiger charge is -2.14. The van der Waals surface area contributed by atoms with Crippen LogP contribution in [-0.4, -0.2) is 52.8 Å². The highest BCUT2D eigenvalue weighted by Crippen LogP contribution is 2.38. The number of carbonyl (C=O) groups excluding carboxylic acids is 3. The van der Waals surface area contributed by atoms with Gasteiger partial charge in [0.15, 0.2) is 18.1 Å². The number of amides is 2. The van der Waals surface area contributed by atoms with E-state index in [2.05, 4.69) is 10.9 Å². The molecular formula is C20H21ClN2O8. The highest BCUT2D eigenvalue weighted by atomic mass is 35.5. The summed E-state index contributed by atoms with van der Waals surface area (Å²) in [6.07, 6.45) is 0. The van der Waals surface area contributed by atoms with E-state index in [0.717, 1.165) is 0 Å². The van der Waals surface area contributed by atoms with Gasteiger partial charge in [0.25, 0.3) is 11.8 Å². The van der Waals surface area contributed by atoms with Crippen LogP contribution < -0.4 is 29.8 Å². The van der Waals surface area contributed by atoms with Crippen molar-refractivity contribution in [3.8, 4) is 23.0 Å². The van der Waals surface area contributed by atoms with Gasteiger partial charge in [0.2, 0.25) is 5.75 Å². The molecule has 0 fully saturated rings. The average molecular weight is 453 g/mol. The van der Waals surface area contributed by atoms with Crippen LogP contribution in [0.1, 0.15) is 20.7 Å². The molecule has 0 aliphatic rings. The van der Waals surface area contributed by atoms with Crippen LogP contribution in [-0.2, 0) is 9.53 Å². The molecule has 31 heavy (non-hydrogen) atoms. The fourth-order valence-electron chi connectivity index (χ4n) is 2.50. The Bertz CT molecular complexity index is 955. The third-order valence-corrected chi connectivity index (χ3v) is 4.19. The van der Waals surface area contributed by atoms with Gasteiger partial charge < -0.3 is 23.7 Å². The van der Waals surface area contributed by atoms with Gasteiger partial charge in [-0.2, -0.15) is 0 Å². The van der Waals surface area contributed by atoms with E-state index in [1.807, 2.05) is 0 Å². The van der Waals surface area contributed by atoms with Crippen molar-refractivity contribution >= 4 is 29.4 Å². The quantitative estimate of drug-likeness (QED) is 0.460. The summed E-state index contributed by atoms with van der Waals surface area (Å²) in [5.41, 5.74) is 4.52. The van der Waals surface area contributed by atoms with Gasteiger partial charge in [-0.3, -0.25) is 20.4 Å². The lowest BCUT2D eigenvalue weighted by molar-refractivity contribution is -0.125. The fourth-order valence-corrected chi connectivity index (χ4v) is 2.67. The number of rotatable bonds is 8. The number of benzene rings is 2. The molecule has 0 spiro atoms. The molecule has 2 rings (SSSR count). The first-order valence-corrected chi connectivity index (χ1v) is 9.12. The standard InChI is InChI=1S/C20H21ClN2O8/c1-27-14-6-5-12(21)9-13(14)19(25)23-22-17(24)10-31-20(26)11-7-15(28-2)18(30-4)16(8-11)29-3/h5-9H,10H2,1-4H3,(H,22,24)(H,23,25). The predicted octanol–water partition coefficient (Wildman–Crippen LogP) is 1.99. The molecule has 10 nitrogen and oxygen atoms in total. The third-order valence-electron chi connectivity index (χ3n) is 3.96. The van der Waals surface area contributed by atoms with E-state index in [1.54, 1.807) is 6.07 Å². The highest BCUT2D eigenvalue weighted by Gasteiger charge is 2.19. The summed E-state index contributed by atoms with van der Waals surface area (Å²) in [6, 6.07) is 7.21. The monoisotopic (exact) mass is 452 g/mol. The molecule has 0 saturated carbocycles. The first kappa shape index (κ1) is 23.6. The van der Waals surface area contributed by atoms with Crippen LogP contribution >= 0.6 is 11.6 Å². The normalized spacial score (nSPS) is 9.97. The summed E-state index contributed by atoms with van der Waals surface area (Å²) in [4.78, 5) is 36.5. The molecule has 0 bridgehead atoms. The number of esters is 1. The van der Waals surface area contributed by atoms with Gasteiger partial charge in [-0.05, 0) is 30.3 Å². The molecule has 2 N–H and O–H groups in total. The zero-order valence-electron chi connectivity index (χ0n) is 17.2. The lowest BCUT2D eigenvalue weighted by atomic mass is 10.2. The summed E-state index contributed by atoms with van der Waals surface area (Å²) in [5.74, 6) is -1.17. The molecule has 0 radical (unpaired) electrons. The Morgan fingerprint density at radius 3 is 2.00 bits per heavy atom. The Balaban J connectivity index is 1.96. The van der Waals surface area contributed by atoms with E-state index in [-0.39, 0.29) is 28.4 Å². The number of carbonyl (C=O) groups is 3. The second-order valence-electron chi connectivity index (χ2n) is 5.84. The topological polar surface area (TPSA) is 121 Å². The molecule has 11 heteroatoms. The predicted molar refractivity (Wildman–Crippen MR) is 110 cm³/mol. The molecule has 0 atom stereocenters. The molecule has 2 aromatic rings. The Morgan fingerprint density at radius 1 is 0.839 bits per heavy atom. The lowest BCUT2D eigenvalue weighted by Crippen LogP contribution is -2.43. The fraction of sp³-hybridized carbons (Fsp3) is 0.250. The van der Waals surface area contributed by atoms with E-state index in [4.69, 9.17) is 35.3 Å². The van der Waals surface area contributed by atoms with E-state index in [0.29, 0.717) is 10.8 Å². The van der Waals surface area contributed by atoms with Crippen LogP contribution in [0.15, 0.2) is 30.3 Å². The Morgan fingerprint density at radius 2 is 1.45 bits per heavy atom. The van der Waals surface area contributed by atoms with Gasteiger partial charge in [0.1, 0.15) is 5.75 Å². The molecule has 166 valence electrons. The van der Waals surface area contributed by atoms with E-state index in [9.17, 15) is 14.4 Å². The zero-order chi connectivity index (χ0) is 23.0. The first-order chi connectivity index (χ1) is 14.8. The van der Waals surface area contributed by atoms with Gasteiger partial charge >= 0.3 is 5.97 Å². The number of hydrogen-bond acceptors (Lipinski definition) is 8. The minimum Gasteiger partial charge on any atom is -0.496 e. The summed E-state index contributed by atoms with van der Waals surface area (Å²) < 4.78 is 25.6. The second-order valence-corrected chi connectivity index (χ2v) is 6.27. The molecule has 0 aromatic heterocycles. The number of hydrazine groups is 1. The summed E-state index contributed by atoms with van der Waals surface area (Å²) in [5, 5.41) is 0.316. The Kier molecular flexibility index (Phi) is 8.33. The molecule has 2 aromatic carbocycles. The van der Waals surface area contributed by atoms with Gasteiger partial charge in [0.05, 0.1) is 39.6 Å². The first-order valence-electron chi connectivity index (χ1n) is 8.74. The van der Waals surface area contributed by atoms with Crippen LogP contribution in [0.25, 0.3) is 0 Å². The minimum absolute atomic E-state index is 0.0787. The molecule has 0 unspecified atom stereocenters. The largest absolute Gasteiger partial charge is 0.496 e. The van der Waals surface area contributed by atoms with E-state index in [1.165, 1.54) is 52.7 Å². The van der Waals surface area contributed by atoms with Crippen molar-refractivity contribution in [1.29, 1.82) is 0 Å². The summed E-state index contributed by atoms with van der Waals surface area (Å²) in [6.45, 7) is -0.650. The molecule has 0 heterocycles. The van der Waals surface area contributed by atoms with Crippen molar-refractivity contribution < 1.29 is 38.1 Å². The molecule has 0 aliphatic carbocycles. The maximum Gasteiger partial charge on any atom is 0.338 e. The van der Waals surface area contributed by atoms with E-state index < -0.39 is 24.4 Å². The number of hydrogen-bond donors (Lipinski definition) is 2. The van der Waals surface area contributed by atoms with Crippen LogP contribution in [0, 0.1) is 0 Å². The molecule has 2 amide bonds. The summed E-state index contributed by atoms with van der Waals surface area (Å²) >= 11 is 5.88. The van der Waals surface area contributed by atoms with Gasteiger partial charge in [-0.1, -0.05) is 11.6 Å². The SMILES string of the molecule is COc1ccc(Cl)cc1C(=O)NNC(=O)COC(=O)c1cc(OC)c(OC)c(OC)c1. The molecular weight excluding hydrogens is 432 g/mol. The molecule has 0 aliphatic heterocycles. The zero-order valence-corrected chi connectivity index (χ0v) is 18.0. The number of methoxy groups -OCH3 is 4. The minimum atomic E-state index is -0.808. The van der Waals surface area contributed by atoms with Gasteiger partial charge in [-0.25, -0.2) is 4.79 Å². The number of nitrogens with one attached hydrogen (secondary N) is 2. The maximum absolute atomic E-state index is 12.3. The van der Waals surface area contributed by atoms with Crippen molar-refractivity contribution in [3.05, 3.63) is 46.5 Å². The smallest absolute Gasteiger partial charge is 0.338 e. The third kappa shape index (κ3) is 5.92. The Hall–Kier alpha value is -3.66. The highest BCUT2D eigenvalue weighted by molar-refractivity contribution is 6.31. The van der Waals surface area contributed by atoms with Crippen molar-refractivity contribution in [2.24, 2.45) is 0 Å². The van der Waals surface area contributed by atoms with Crippen LogP contribution in [0.3, 0.4) is 0 Å². The van der Waals surface area contributed by atoms with E-state index >= 15 is 0 Å². The van der Waals surface area contributed by atoms with Crippen molar-refractivity contribution in [2.75, 3.05) is 35.0 Å².